The second-order valence-corrected chi connectivity index (χ2v) is 6.91. The van der Waals surface area contributed by atoms with E-state index in [0.717, 1.165) is 5.56 Å². The molecule has 1 aliphatic heterocycles. The summed E-state index contributed by atoms with van der Waals surface area (Å²) in [6.07, 6.45) is 4.31. The number of hydrogen-bond donors (Lipinski definition) is 2. The zero-order valence-electron chi connectivity index (χ0n) is 15.1. The molecule has 5 heteroatoms. The van der Waals surface area contributed by atoms with Crippen molar-refractivity contribution in [3.8, 4) is 11.5 Å². The van der Waals surface area contributed by atoms with Crippen LogP contribution in [-0.2, 0) is 9.47 Å². The maximum Gasteiger partial charge on any atom is 0.160 e. The number of phenols is 1. The van der Waals surface area contributed by atoms with Crippen LogP contribution in [0, 0.1) is 17.8 Å². The highest BCUT2D eigenvalue weighted by molar-refractivity contribution is 5.42. The van der Waals surface area contributed by atoms with Crippen LogP contribution in [0.2, 0.25) is 0 Å². The predicted octanol–water partition coefficient (Wildman–Crippen LogP) is 4.11. The molecule has 1 aromatic carbocycles. The van der Waals surface area contributed by atoms with Crippen LogP contribution in [0.3, 0.4) is 0 Å². The number of aliphatic hydroxyl groups excluding tert-OH is 1. The van der Waals surface area contributed by atoms with Crippen LogP contribution in [0.15, 0.2) is 41.9 Å². The first-order chi connectivity index (χ1) is 12.0. The second kappa shape index (κ2) is 7.00. The number of phenolic OH excluding ortho intramolecular Hbond substituents is 1. The molecule has 1 saturated heterocycles. The SMILES string of the molecule is COC1=C(O)C=CC([C@H]2O[C@H](c3ccc(O)c(OC)c3)[C@H](C)[C@@H]2C)C1. The Morgan fingerprint density at radius 3 is 2.52 bits per heavy atom. The van der Waals surface area contributed by atoms with E-state index in [2.05, 4.69) is 13.8 Å². The molecule has 0 saturated carbocycles. The first kappa shape index (κ1) is 17.7. The highest BCUT2D eigenvalue weighted by Gasteiger charge is 2.43. The molecule has 1 heterocycles. The van der Waals surface area contributed by atoms with Crippen LogP contribution in [0.1, 0.15) is 31.9 Å². The number of rotatable bonds is 4. The molecule has 0 amide bonds. The summed E-state index contributed by atoms with van der Waals surface area (Å²) in [4.78, 5) is 0. The molecule has 0 spiro atoms. The molecule has 1 fully saturated rings. The van der Waals surface area contributed by atoms with Crippen LogP contribution in [0.5, 0.6) is 11.5 Å². The molecule has 2 N–H and O–H groups in total. The summed E-state index contributed by atoms with van der Waals surface area (Å²) < 4.78 is 16.9. The highest BCUT2D eigenvalue weighted by Crippen LogP contribution is 2.47. The molecule has 136 valence electrons. The van der Waals surface area contributed by atoms with Crippen LogP contribution in [0.4, 0.5) is 0 Å². The van der Waals surface area contributed by atoms with E-state index in [-0.39, 0.29) is 29.6 Å². The Bertz CT molecular complexity index is 693. The van der Waals surface area contributed by atoms with Gasteiger partial charge in [-0.25, -0.2) is 0 Å². The first-order valence-electron chi connectivity index (χ1n) is 8.63. The van der Waals surface area contributed by atoms with Crippen molar-refractivity contribution in [3.63, 3.8) is 0 Å². The fourth-order valence-corrected chi connectivity index (χ4v) is 3.84. The minimum absolute atomic E-state index is 0.0364. The van der Waals surface area contributed by atoms with E-state index in [1.165, 1.54) is 0 Å². The van der Waals surface area contributed by atoms with Crippen LogP contribution < -0.4 is 4.74 Å². The Morgan fingerprint density at radius 1 is 1.08 bits per heavy atom. The lowest BCUT2D eigenvalue weighted by Crippen LogP contribution is -2.27. The van der Waals surface area contributed by atoms with E-state index < -0.39 is 0 Å². The van der Waals surface area contributed by atoms with Gasteiger partial charge in [-0.05, 0) is 35.6 Å². The van der Waals surface area contributed by atoms with Crippen molar-refractivity contribution in [2.45, 2.75) is 32.5 Å². The molecule has 1 aromatic rings. The number of ether oxygens (including phenoxy) is 3. The number of aliphatic hydroxyl groups is 1. The number of methoxy groups -OCH3 is 2. The minimum atomic E-state index is -0.0617. The van der Waals surface area contributed by atoms with Gasteiger partial charge in [-0.2, -0.15) is 0 Å². The van der Waals surface area contributed by atoms with Crippen molar-refractivity contribution in [2.75, 3.05) is 14.2 Å². The van der Waals surface area contributed by atoms with Gasteiger partial charge < -0.3 is 24.4 Å². The van der Waals surface area contributed by atoms with Gasteiger partial charge in [0, 0.05) is 12.3 Å². The fourth-order valence-electron chi connectivity index (χ4n) is 3.84. The lowest BCUT2D eigenvalue weighted by molar-refractivity contribution is 0.00307. The smallest absolute Gasteiger partial charge is 0.160 e. The van der Waals surface area contributed by atoms with Gasteiger partial charge in [-0.15, -0.1) is 0 Å². The molecule has 2 aliphatic rings. The van der Waals surface area contributed by atoms with Gasteiger partial charge in [0.15, 0.2) is 17.3 Å². The predicted molar refractivity (Wildman–Crippen MR) is 94.5 cm³/mol. The largest absolute Gasteiger partial charge is 0.505 e. The summed E-state index contributed by atoms with van der Waals surface area (Å²) in [5.41, 5.74) is 1.00. The third-order valence-corrected chi connectivity index (χ3v) is 5.54. The molecule has 5 nitrogen and oxygen atoms in total. The molecule has 5 atom stereocenters. The third kappa shape index (κ3) is 3.21. The third-order valence-electron chi connectivity index (χ3n) is 5.54. The zero-order valence-corrected chi connectivity index (χ0v) is 15.1. The number of benzene rings is 1. The van der Waals surface area contributed by atoms with Gasteiger partial charge in [-0.3, -0.25) is 0 Å². The zero-order chi connectivity index (χ0) is 18.1. The second-order valence-electron chi connectivity index (χ2n) is 6.91. The normalized spacial score (nSPS) is 32.1. The van der Waals surface area contributed by atoms with Crippen molar-refractivity contribution in [3.05, 3.63) is 47.4 Å². The van der Waals surface area contributed by atoms with E-state index >= 15 is 0 Å². The van der Waals surface area contributed by atoms with E-state index in [4.69, 9.17) is 14.2 Å². The lowest BCUT2D eigenvalue weighted by atomic mass is 9.81. The molecule has 1 aliphatic carbocycles. The number of hydrogen-bond acceptors (Lipinski definition) is 5. The van der Waals surface area contributed by atoms with Gasteiger partial charge in [-0.1, -0.05) is 26.0 Å². The summed E-state index contributed by atoms with van der Waals surface area (Å²) in [5, 5.41) is 19.7. The van der Waals surface area contributed by atoms with E-state index in [1.54, 1.807) is 26.4 Å². The Balaban J connectivity index is 1.81. The summed E-state index contributed by atoms with van der Waals surface area (Å²) in [7, 11) is 3.12. The number of aromatic hydroxyl groups is 1. The Morgan fingerprint density at radius 2 is 1.84 bits per heavy atom. The van der Waals surface area contributed by atoms with Crippen molar-refractivity contribution in [1.29, 1.82) is 0 Å². The average molecular weight is 346 g/mol. The van der Waals surface area contributed by atoms with Crippen LogP contribution in [0.25, 0.3) is 0 Å². The van der Waals surface area contributed by atoms with Gasteiger partial charge >= 0.3 is 0 Å². The highest BCUT2D eigenvalue weighted by atomic mass is 16.5. The molecular formula is C20H26O5. The quantitative estimate of drug-likeness (QED) is 0.859. The molecule has 25 heavy (non-hydrogen) atoms. The molecule has 0 bridgehead atoms. The summed E-state index contributed by atoms with van der Waals surface area (Å²) in [5.74, 6) is 2.20. The molecule has 3 rings (SSSR count). The lowest BCUT2D eigenvalue weighted by Gasteiger charge is -2.27. The molecule has 1 unspecified atom stereocenters. The van der Waals surface area contributed by atoms with Crippen molar-refractivity contribution >= 4 is 0 Å². The van der Waals surface area contributed by atoms with E-state index in [9.17, 15) is 10.2 Å². The van der Waals surface area contributed by atoms with Gasteiger partial charge in [0.25, 0.3) is 0 Å². The molecule has 0 radical (unpaired) electrons. The Labute approximate surface area is 148 Å². The molecule has 0 aromatic heterocycles. The Hall–Kier alpha value is -2.14. The average Bonchev–Trinajstić information content (AvgIpc) is 2.91. The topological polar surface area (TPSA) is 68.2 Å². The summed E-state index contributed by atoms with van der Waals surface area (Å²) in [6.45, 7) is 4.39. The summed E-state index contributed by atoms with van der Waals surface area (Å²) in [6, 6.07) is 5.37. The van der Waals surface area contributed by atoms with Crippen LogP contribution in [-0.4, -0.2) is 30.5 Å². The fraction of sp³-hybridized carbons (Fsp3) is 0.500. The first-order valence-corrected chi connectivity index (χ1v) is 8.63. The maximum atomic E-state index is 9.85. The standard InChI is InChI=1S/C20H26O5/c1-11-12(2)20(14-6-8-16(22)18(10-14)24-4)25-19(11)13-5-7-15(21)17(9-13)23-3/h5-9,11-12,14,19-22H,10H2,1-4H3/t11-,12+,14?,19+,20+/m1/s1. The monoisotopic (exact) mass is 346 g/mol. The van der Waals surface area contributed by atoms with Gasteiger partial charge in [0.1, 0.15) is 5.76 Å². The Kier molecular flexibility index (Phi) is 4.95. The maximum absolute atomic E-state index is 9.85. The van der Waals surface area contributed by atoms with Crippen LogP contribution >= 0.6 is 0 Å². The summed E-state index contributed by atoms with van der Waals surface area (Å²) >= 11 is 0. The van der Waals surface area contributed by atoms with Crippen molar-refractivity contribution in [2.24, 2.45) is 17.8 Å². The van der Waals surface area contributed by atoms with Crippen molar-refractivity contribution < 1.29 is 24.4 Å². The van der Waals surface area contributed by atoms with Gasteiger partial charge in [0.2, 0.25) is 0 Å². The van der Waals surface area contributed by atoms with E-state index in [0.29, 0.717) is 29.8 Å². The molecular weight excluding hydrogens is 320 g/mol. The van der Waals surface area contributed by atoms with Crippen molar-refractivity contribution in [1.82, 2.24) is 0 Å². The van der Waals surface area contributed by atoms with E-state index in [1.807, 2.05) is 18.2 Å². The van der Waals surface area contributed by atoms with Gasteiger partial charge in [0.05, 0.1) is 26.4 Å². The minimum Gasteiger partial charge on any atom is -0.505 e. The number of allylic oxidation sites excluding steroid dienone is 2.